The molecular weight excluding hydrogens is 444 g/mol. The smallest absolute Gasteiger partial charge is 0.407 e. The van der Waals surface area contributed by atoms with Gasteiger partial charge in [0, 0.05) is 12.0 Å². The van der Waals surface area contributed by atoms with E-state index in [9.17, 15) is 19.5 Å². The van der Waals surface area contributed by atoms with Crippen molar-refractivity contribution in [1.82, 2.24) is 10.6 Å². The van der Waals surface area contributed by atoms with Crippen LogP contribution in [0.1, 0.15) is 63.5 Å². The standard InChI is InChI=1S/C28H34N2O5/c1-28(2,3)24(25(31)29-18-10-8-9-17(15-18)26(32)33)30-27(34)35-16-23-21-13-6-4-11-19(21)20-12-5-7-14-22(20)23/h4-7,11-14,17-18,23-24H,8-10,15-16H2,1-3H3,(H,29,31)(H,30,34)(H,32,33)/t17-,18-,24-/m1/s1. The Labute approximate surface area is 206 Å². The second kappa shape index (κ2) is 10.1. The summed E-state index contributed by atoms with van der Waals surface area (Å²) in [4.78, 5) is 37.3. The molecular formula is C28H34N2O5. The molecule has 2 aliphatic rings. The molecule has 0 unspecified atom stereocenters. The molecule has 186 valence electrons. The third-order valence-electron chi connectivity index (χ3n) is 7.10. The van der Waals surface area contributed by atoms with Gasteiger partial charge >= 0.3 is 12.1 Å². The van der Waals surface area contributed by atoms with Gasteiger partial charge in [0.25, 0.3) is 0 Å². The van der Waals surface area contributed by atoms with E-state index in [1.165, 1.54) is 0 Å². The summed E-state index contributed by atoms with van der Waals surface area (Å²) in [6.07, 6.45) is 1.87. The molecule has 0 heterocycles. The SMILES string of the molecule is CC(C)(C)[C@H](NC(=O)OCC1c2ccccc2-c2ccccc21)C(=O)N[C@@H]1CCC[C@@H](C(=O)O)C1. The van der Waals surface area contributed by atoms with Crippen molar-refractivity contribution in [3.05, 3.63) is 59.7 Å². The summed E-state index contributed by atoms with van der Waals surface area (Å²) in [5, 5.41) is 15.1. The van der Waals surface area contributed by atoms with Gasteiger partial charge in [-0.1, -0.05) is 75.7 Å². The Bertz CT molecular complexity index is 1060. The molecule has 1 fully saturated rings. The highest BCUT2D eigenvalue weighted by molar-refractivity contribution is 5.87. The number of nitrogens with one attached hydrogen (secondary N) is 2. The molecule has 7 nitrogen and oxygen atoms in total. The lowest BCUT2D eigenvalue weighted by molar-refractivity contribution is -0.143. The highest BCUT2D eigenvalue weighted by Crippen LogP contribution is 2.44. The Morgan fingerprint density at radius 3 is 2.17 bits per heavy atom. The van der Waals surface area contributed by atoms with Crippen molar-refractivity contribution < 1.29 is 24.2 Å². The maximum Gasteiger partial charge on any atom is 0.407 e. The van der Waals surface area contributed by atoms with Crippen molar-refractivity contribution in [3.63, 3.8) is 0 Å². The number of hydrogen-bond acceptors (Lipinski definition) is 4. The third kappa shape index (κ3) is 5.50. The van der Waals surface area contributed by atoms with E-state index in [0.29, 0.717) is 12.8 Å². The largest absolute Gasteiger partial charge is 0.481 e. The molecule has 35 heavy (non-hydrogen) atoms. The molecule has 2 aromatic carbocycles. The number of carbonyl (C=O) groups is 3. The molecule has 2 aromatic rings. The first-order valence-electron chi connectivity index (χ1n) is 12.3. The number of benzene rings is 2. The van der Waals surface area contributed by atoms with Crippen molar-refractivity contribution in [3.8, 4) is 11.1 Å². The number of fused-ring (bicyclic) bond motifs is 3. The summed E-state index contributed by atoms with van der Waals surface area (Å²) in [6, 6.07) is 15.2. The molecule has 4 rings (SSSR count). The van der Waals surface area contributed by atoms with Gasteiger partial charge in [-0.2, -0.15) is 0 Å². The lowest BCUT2D eigenvalue weighted by atomic mass is 9.83. The summed E-state index contributed by atoms with van der Waals surface area (Å²) in [5.74, 6) is -1.65. The van der Waals surface area contributed by atoms with Crippen LogP contribution in [0.25, 0.3) is 11.1 Å². The molecule has 0 spiro atoms. The molecule has 1 saturated carbocycles. The second-order valence-corrected chi connectivity index (χ2v) is 10.7. The van der Waals surface area contributed by atoms with E-state index < -0.39 is 29.4 Å². The number of carboxylic acid groups (broad SMARTS) is 1. The monoisotopic (exact) mass is 478 g/mol. The van der Waals surface area contributed by atoms with Gasteiger partial charge in [-0.05, 0) is 46.9 Å². The highest BCUT2D eigenvalue weighted by atomic mass is 16.5. The van der Waals surface area contributed by atoms with Gasteiger partial charge in [-0.3, -0.25) is 9.59 Å². The van der Waals surface area contributed by atoms with Crippen LogP contribution in [0.5, 0.6) is 0 Å². The molecule has 3 atom stereocenters. The molecule has 0 bridgehead atoms. The molecule has 2 amide bonds. The van der Waals surface area contributed by atoms with Crippen LogP contribution in [0.4, 0.5) is 4.79 Å². The molecule has 7 heteroatoms. The minimum absolute atomic E-state index is 0.0646. The van der Waals surface area contributed by atoms with Crippen LogP contribution in [-0.4, -0.2) is 41.8 Å². The van der Waals surface area contributed by atoms with E-state index in [-0.39, 0.29) is 24.5 Å². The van der Waals surface area contributed by atoms with E-state index in [2.05, 4.69) is 34.9 Å². The quantitative estimate of drug-likeness (QED) is 0.558. The number of carboxylic acids is 1. The van der Waals surface area contributed by atoms with Crippen molar-refractivity contribution in [2.24, 2.45) is 11.3 Å². The van der Waals surface area contributed by atoms with Crippen LogP contribution in [0, 0.1) is 11.3 Å². The fourth-order valence-electron chi connectivity index (χ4n) is 5.26. The second-order valence-electron chi connectivity index (χ2n) is 10.7. The summed E-state index contributed by atoms with van der Waals surface area (Å²) in [6.45, 7) is 5.80. The third-order valence-corrected chi connectivity index (χ3v) is 7.10. The van der Waals surface area contributed by atoms with Gasteiger partial charge in [0.05, 0.1) is 5.92 Å². The fourth-order valence-corrected chi connectivity index (χ4v) is 5.26. The van der Waals surface area contributed by atoms with Gasteiger partial charge in [-0.25, -0.2) is 4.79 Å². The van der Waals surface area contributed by atoms with Crippen LogP contribution in [0.2, 0.25) is 0 Å². The number of ether oxygens (including phenoxy) is 1. The van der Waals surface area contributed by atoms with Crippen molar-refractivity contribution in [2.75, 3.05) is 6.61 Å². The average Bonchev–Trinajstić information content (AvgIpc) is 3.14. The zero-order chi connectivity index (χ0) is 25.2. The van der Waals surface area contributed by atoms with E-state index in [0.717, 1.165) is 35.1 Å². The first-order chi connectivity index (χ1) is 16.6. The number of alkyl carbamates (subject to hydrolysis) is 1. The van der Waals surface area contributed by atoms with Crippen molar-refractivity contribution >= 4 is 18.0 Å². The molecule has 2 aliphatic carbocycles. The van der Waals surface area contributed by atoms with E-state index >= 15 is 0 Å². The van der Waals surface area contributed by atoms with Gasteiger partial charge in [0.1, 0.15) is 12.6 Å². The number of aliphatic carboxylic acids is 1. The van der Waals surface area contributed by atoms with Crippen molar-refractivity contribution in [2.45, 2.75) is 64.5 Å². The number of rotatable bonds is 6. The van der Waals surface area contributed by atoms with Crippen LogP contribution < -0.4 is 10.6 Å². The minimum Gasteiger partial charge on any atom is -0.481 e. The predicted octanol–water partition coefficient (Wildman–Crippen LogP) is 4.70. The Morgan fingerprint density at radius 2 is 1.60 bits per heavy atom. The lowest BCUT2D eigenvalue weighted by Gasteiger charge is -2.33. The number of carbonyl (C=O) groups excluding carboxylic acids is 2. The lowest BCUT2D eigenvalue weighted by Crippen LogP contribution is -2.56. The Hall–Kier alpha value is -3.35. The molecule has 0 aliphatic heterocycles. The topological polar surface area (TPSA) is 105 Å². The summed E-state index contributed by atoms with van der Waals surface area (Å²) in [5.41, 5.74) is 3.98. The van der Waals surface area contributed by atoms with Crippen LogP contribution >= 0.6 is 0 Å². The highest BCUT2D eigenvalue weighted by Gasteiger charge is 2.36. The van der Waals surface area contributed by atoms with Crippen molar-refractivity contribution in [1.29, 1.82) is 0 Å². The van der Waals surface area contributed by atoms with Crippen LogP contribution in [0.15, 0.2) is 48.5 Å². The van der Waals surface area contributed by atoms with E-state index in [1.54, 1.807) is 0 Å². The Kier molecular flexibility index (Phi) is 7.15. The molecule has 0 radical (unpaired) electrons. The zero-order valence-electron chi connectivity index (χ0n) is 20.5. The Balaban J connectivity index is 1.40. The van der Waals surface area contributed by atoms with Crippen LogP contribution in [0.3, 0.4) is 0 Å². The first kappa shape index (κ1) is 24.8. The number of amides is 2. The van der Waals surface area contributed by atoms with E-state index in [4.69, 9.17) is 4.74 Å². The predicted molar refractivity (Wildman–Crippen MR) is 133 cm³/mol. The molecule has 0 aromatic heterocycles. The fraction of sp³-hybridized carbons (Fsp3) is 0.464. The number of hydrogen-bond donors (Lipinski definition) is 3. The maximum atomic E-state index is 13.1. The maximum absolute atomic E-state index is 13.1. The van der Waals surface area contributed by atoms with Gasteiger partial charge in [0.2, 0.25) is 5.91 Å². The van der Waals surface area contributed by atoms with Crippen LogP contribution in [-0.2, 0) is 14.3 Å². The first-order valence-corrected chi connectivity index (χ1v) is 12.3. The van der Waals surface area contributed by atoms with E-state index in [1.807, 2.05) is 45.0 Å². The average molecular weight is 479 g/mol. The van der Waals surface area contributed by atoms with Gasteiger partial charge in [0.15, 0.2) is 0 Å². The normalized spacial score (nSPS) is 20.3. The summed E-state index contributed by atoms with van der Waals surface area (Å²) in [7, 11) is 0. The molecule has 3 N–H and O–H groups in total. The zero-order valence-corrected chi connectivity index (χ0v) is 20.5. The Morgan fingerprint density at radius 1 is 1.00 bits per heavy atom. The summed E-state index contributed by atoms with van der Waals surface area (Å²) >= 11 is 0. The minimum atomic E-state index is -0.826. The summed E-state index contributed by atoms with van der Waals surface area (Å²) < 4.78 is 5.65. The van der Waals surface area contributed by atoms with Gasteiger partial charge in [-0.15, -0.1) is 0 Å². The molecule has 0 saturated heterocycles. The van der Waals surface area contributed by atoms with Gasteiger partial charge < -0.3 is 20.5 Å².